The van der Waals surface area contributed by atoms with E-state index in [0.717, 1.165) is 22.3 Å². The molecule has 4 aromatic carbocycles. The van der Waals surface area contributed by atoms with E-state index in [4.69, 9.17) is 27.1 Å². The first-order valence-electron chi connectivity index (χ1n) is 11.8. The Balaban J connectivity index is 1.49. The summed E-state index contributed by atoms with van der Waals surface area (Å²) in [7, 11) is -1.87. The van der Waals surface area contributed by atoms with Gasteiger partial charge in [-0.25, -0.2) is 0 Å². The van der Waals surface area contributed by atoms with Crippen LogP contribution < -0.4 is 18.1 Å². The van der Waals surface area contributed by atoms with Crippen molar-refractivity contribution in [3.8, 4) is 23.0 Å². The predicted octanol–water partition coefficient (Wildman–Crippen LogP) is 8.84. The first kappa shape index (κ1) is 26.9. The second kappa shape index (κ2) is 13.4. The Kier molecular flexibility index (Phi) is 9.76. The summed E-state index contributed by atoms with van der Waals surface area (Å²) in [6, 6.07) is 30.9. The van der Waals surface area contributed by atoms with Gasteiger partial charge in [0, 0.05) is 12.7 Å². The van der Waals surface area contributed by atoms with Crippen molar-refractivity contribution in [2.75, 3.05) is 7.11 Å². The smallest absolute Gasteiger partial charge is 0.417 e. The maximum Gasteiger partial charge on any atom is 0.463 e. The highest BCUT2D eigenvalue weighted by atomic mass is 31.2. The molecule has 1 unspecified atom stereocenters. The summed E-state index contributed by atoms with van der Waals surface area (Å²) in [5.74, 6) is 2.74. The van der Waals surface area contributed by atoms with Crippen LogP contribution in [0.25, 0.3) is 0 Å². The summed E-state index contributed by atoms with van der Waals surface area (Å²) in [4.78, 5) is 0. The van der Waals surface area contributed by atoms with E-state index >= 15 is 0 Å². The monoisotopic (exact) mass is 536 g/mol. The molecular formula is C29H30O6P2. The quantitative estimate of drug-likeness (QED) is 0.169. The molecule has 0 fully saturated rings. The highest BCUT2D eigenvalue weighted by Gasteiger charge is 2.22. The molecule has 0 N–H and O–H groups in total. The van der Waals surface area contributed by atoms with Crippen LogP contribution in [0.15, 0.2) is 97.1 Å². The van der Waals surface area contributed by atoms with Gasteiger partial charge in [-0.2, -0.15) is 0 Å². The van der Waals surface area contributed by atoms with Gasteiger partial charge in [-0.3, -0.25) is 9.05 Å². The Morgan fingerprint density at radius 2 is 0.865 bits per heavy atom. The number of rotatable bonds is 12. The molecule has 0 amide bonds. The third-order valence-electron chi connectivity index (χ3n) is 5.42. The van der Waals surface area contributed by atoms with Gasteiger partial charge in [0.25, 0.3) is 0 Å². The summed E-state index contributed by atoms with van der Waals surface area (Å²) in [5, 5.41) is 0. The van der Waals surface area contributed by atoms with E-state index in [2.05, 4.69) is 0 Å². The molecule has 0 aliphatic carbocycles. The molecule has 0 spiro atoms. The molecule has 0 radical (unpaired) electrons. The normalized spacial score (nSPS) is 11.7. The van der Waals surface area contributed by atoms with Gasteiger partial charge in [0.1, 0.15) is 23.0 Å². The van der Waals surface area contributed by atoms with E-state index in [9.17, 15) is 0 Å². The molecule has 192 valence electrons. The molecule has 6 nitrogen and oxygen atoms in total. The van der Waals surface area contributed by atoms with Crippen molar-refractivity contribution in [3.05, 3.63) is 119 Å². The number of benzene rings is 4. The molecule has 0 bridgehead atoms. The van der Waals surface area contributed by atoms with Crippen LogP contribution in [-0.2, 0) is 15.7 Å². The first-order chi connectivity index (χ1) is 18.0. The predicted molar refractivity (Wildman–Crippen MR) is 148 cm³/mol. The first-order valence-corrected chi connectivity index (χ1v) is 14.0. The SMILES string of the molecule is COP(Oc1ccccc1C)Oc1ccccc1COP(Oc1ccccc1C)Oc1ccccc1C. The number of para-hydroxylation sites is 4. The fraction of sp³-hybridized carbons (Fsp3) is 0.172. The van der Waals surface area contributed by atoms with Crippen LogP contribution in [0.4, 0.5) is 0 Å². The van der Waals surface area contributed by atoms with Gasteiger partial charge in [0.15, 0.2) is 0 Å². The Bertz CT molecular complexity index is 1250. The summed E-state index contributed by atoms with van der Waals surface area (Å²) in [6.45, 7) is 6.16. The average Bonchev–Trinajstić information content (AvgIpc) is 2.91. The minimum atomic E-state index is -1.76. The summed E-state index contributed by atoms with van der Waals surface area (Å²) < 4.78 is 36.2. The zero-order valence-corrected chi connectivity index (χ0v) is 23.1. The van der Waals surface area contributed by atoms with Crippen molar-refractivity contribution in [1.82, 2.24) is 0 Å². The van der Waals surface area contributed by atoms with Gasteiger partial charge < -0.3 is 18.1 Å². The Morgan fingerprint density at radius 1 is 0.486 bits per heavy atom. The van der Waals surface area contributed by atoms with Crippen LogP contribution in [0.3, 0.4) is 0 Å². The summed E-state index contributed by atoms with van der Waals surface area (Å²) in [5.41, 5.74) is 3.80. The maximum absolute atomic E-state index is 6.21. The molecule has 0 aliphatic heterocycles. The van der Waals surface area contributed by atoms with E-state index in [0.29, 0.717) is 23.0 Å². The number of hydrogen-bond donors (Lipinski definition) is 0. The third-order valence-corrected chi connectivity index (χ3v) is 7.44. The fourth-order valence-corrected chi connectivity index (χ4v) is 5.31. The molecule has 0 aromatic heterocycles. The van der Waals surface area contributed by atoms with Gasteiger partial charge >= 0.3 is 17.2 Å². The van der Waals surface area contributed by atoms with Crippen LogP contribution in [0.1, 0.15) is 22.3 Å². The van der Waals surface area contributed by atoms with E-state index < -0.39 is 17.2 Å². The standard InChI is InChI=1S/C29H30O6P2/c1-22-13-5-9-17-26(22)32-36(30-4)35-29-20-12-8-16-25(29)21-31-37(33-27-18-10-6-14-23(27)2)34-28-19-11-7-15-24(28)3/h5-20H,21H2,1-4H3. The van der Waals surface area contributed by atoms with Crippen molar-refractivity contribution < 1.29 is 27.1 Å². The van der Waals surface area contributed by atoms with E-state index in [1.807, 2.05) is 118 Å². The zero-order valence-electron chi connectivity index (χ0n) is 21.3. The molecule has 0 heterocycles. The van der Waals surface area contributed by atoms with Crippen LogP contribution in [-0.4, -0.2) is 7.11 Å². The Morgan fingerprint density at radius 3 is 1.32 bits per heavy atom. The average molecular weight is 537 g/mol. The van der Waals surface area contributed by atoms with Crippen molar-refractivity contribution in [1.29, 1.82) is 0 Å². The van der Waals surface area contributed by atoms with Gasteiger partial charge in [-0.15, -0.1) is 0 Å². The number of hydrogen-bond acceptors (Lipinski definition) is 6. The lowest BCUT2D eigenvalue weighted by molar-refractivity contribution is 0.252. The molecule has 0 saturated carbocycles. The van der Waals surface area contributed by atoms with Gasteiger partial charge in [0.2, 0.25) is 0 Å². The summed E-state index contributed by atoms with van der Waals surface area (Å²) >= 11 is 0. The van der Waals surface area contributed by atoms with Gasteiger partial charge in [0.05, 0.1) is 6.61 Å². The van der Waals surface area contributed by atoms with Crippen molar-refractivity contribution in [3.63, 3.8) is 0 Å². The molecule has 1 atom stereocenters. The second-order valence-corrected chi connectivity index (χ2v) is 10.4. The minimum absolute atomic E-state index is 0.205. The second-order valence-electron chi connectivity index (χ2n) is 8.17. The van der Waals surface area contributed by atoms with Crippen LogP contribution >= 0.6 is 17.2 Å². The molecule has 4 aromatic rings. The lowest BCUT2D eigenvalue weighted by atomic mass is 10.2. The highest BCUT2D eigenvalue weighted by molar-refractivity contribution is 7.42. The van der Waals surface area contributed by atoms with E-state index in [-0.39, 0.29) is 6.61 Å². The highest BCUT2D eigenvalue weighted by Crippen LogP contribution is 2.46. The molecule has 37 heavy (non-hydrogen) atoms. The molecule has 0 aliphatic rings. The lowest BCUT2D eigenvalue weighted by Gasteiger charge is -2.21. The molecular weight excluding hydrogens is 506 g/mol. The van der Waals surface area contributed by atoms with Gasteiger partial charge in [-0.1, -0.05) is 72.8 Å². The molecule has 0 saturated heterocycles. The topological polar surface area (TPSA) is 55.4 Å². The van der Waals surface area contributed by atoms with Crippen molar-refractivity contribution >= 4 is 17.2 Å². The summed E-state index contributed by atoms with van der Waals surface area (Å²) in [6.07, 6.45) is 0. The Labute approximate surface area is 221 Å². The van der Waals surface area contributed by atoms with Crippen LogP contribution in [0.5, 0.6) is 23.0 Å². The number of aryl methyl sites for hydroxylation is 3. The molecule has 4 rings (SSSR count). The van der Waals surface area contributed by atoms with Crippen LogP contribution in [0, 0.1) is 20.8 Å². The zero-order chi connectivity index (χ0) is 26.0. The van der Waals surface area contributed by atoms with Crippen LogP contribution in [0.2, 0.25) is 0 Å². The van der Waals surface area contributed by atoms with Crippen molar-refractivity contribution in [2.45, 2.75) is 27.4 Å². The Hall–Kier alpha value is -3.14. The largest absolute Gasteiger partial charge is 0.463 e. The minimum Gasteiger partial charge on any atom is -0.417 e. The lowest BCUT2D eigenvalue weighted by Crippen LogP contribution is -2.04. The third kappa shape index (κ3) is 7.67. The van der Waals surface area contributed by atoms with E-state index in [1.54, 1.807) is 7.11 Å². The van der Waals surface area contributed by atoms with Gasteiger partial charge in [-0.05, 0) is 61.7 Å². The maximum atomic E-state index is 6.21. The molecule has 8 heteroatoms. The van der Waals surface area contributed by atoms with E-state index in [1.165, 1.54) is 0 Å². The van der Waals surface area contributed by atoms with Crippen molar-refractivity contribution in [2.24, 2.45) is 0 Å². The fourth-order valence-electron chi connectivity index (χ4n) is 3.30.